The Bertz CT molecular complexity index is 666. The molecule has 0 amide bonds. The van der Waals surface area contributed by atoms with Crippen LogP contribution in [0, 0.1) is 0 Å². The molecule has 2 aromatic rings. The fourth-order valence-electron chi connectivity index (χ4n) is 2.57. The highest BCUT2D eigenvalue weighted by atomic mass is 35.5. The number of halogens is 1. The number of nitrogens with zero attached hydrogens (tertiary/aromatic N) is 2. The molecule has 1 aliphatic heterocycles. The number of carbonyl (C=O) groups excluding carboxylic acids is 1. The molecule has 5 heteroatoms. The zero-order chi connectivity index (χ0) is 14.1. The van der Waals surface area contributed by atoms with E-state index in [1.54, 1.807) is 0 Å². The molecule has 1 aliphatic rings. The molecule has 0 atom stereocenters. The third kappa shape index (κ3) is 2.20. The molecule has 104 valence electrons. The van der Waals surface area contributed by atoms with Gasteiger partial charge in [0.25, 0.3) is 0 Å². The lowest BCUT2D eigenvalue weighted by Crippen LogP contribution is -2.17. The summed E-state index contributed by atoms with van der Waals surface area (Å²) >= 11 is 6.33. The average Bonchev–Trinajstić information content (AvgIpc) is 3.01. The first-order valence-corrected chi connectivity index (χ1v) is 7.00. The lowest BCUT2D eigenvalue weighted by atomic mass is 10.1. The fraction of sp³-hybridized carbons (Fsp3) is 0.333. The Balaban J connectivity index is 2.11. The van der Waals surface area contributed by atoms with Crippen LogP contribution < -0.4 is 4.90 Å². The Labute approximate surface area is 122 Å². The van der Waals surface area contributed by atoms with E-state index >= 15 is 0 Å². The van der Waals surface area contributed by atoms with Crippen LogP contribution >= 0.6 is 11.6 Å². The van der Waals surface area contributed by atoms with E-state index in [1.807, 2.05) is 12.1 Å². The van der Waals surface area contributed by atoms with Gasteiger partial charge in [0, 0.05) is 30.4 Å². The Hall–Kier alpha value is -1.81. The Morgan fingerprint density at radius 1 is 1.35 bits per heavy atom. The summed E-state index contributed by atoms with van der Waals surface area (Å²) in [7, 11) is 1.34. The number of hydrogen-bond acceptors (Lipinski definition) is 4. The molecule has 2 heterocycles. The van der Waals surface area contributed by atoms with Crippen LogP contribution in [0.4, 0.5) is 5.69 Å². The van der Waals surface area contributed by atoms with Crippen LogP contribution in [0.3, 0.4) is 0 Å². The standard InChI is InChI=1S/C15H15ClN2O2/c1-20-15(19)12-9-17-13-5-4-10(8-11(13)14(12)16)18-6-2-3-7-18/h4-5,8-9H,2-3,6-7H2,1H3. The molecule has 1 aromatic heterocycles. The van der Waals surface area contributed by atoms with Gasteiger partial charge in [-0.2, -0.15) is 0 Å². The van der Waals surface area contributed by atoms with E-state index in [0.717, 1.165) is 29.7 Å². The highest BCUT2D eigenvalue weighted by Gasteiger charge is 2.17. The first-order valence-electron chi connectivity index (χ1n) is 6.62. The Kier molecular flexibility index (Phi) is 3.49. The number of ether oxygens (including phenoxy) is 1. The number of anilines is 1. The van der Waals surface area contributed by atoms with Crippen LogP contribution in [0.2, 0.25) is 5.02 Å². The molecule has 1 fully saturated rings. The second-order valence-electron chi connectivity index (χ2n) is 4.87. The molecule has 0 radical (unpaired) electrons. The summed E-state index contributed by atoms with van der Waals surface area (Å²) in [5.41, 5.74) is 2.21. The predicted octanol–water partition coefficient (Wildman–Crippen LogP) is 3.28. The van der Waals surface area contributed by atoms with Crippen molar-refractivity contribution in [3.05, 3.63) is 35.0 Å². The molecule has 3 rings (SSSR count). The third-order valence-electron chi connectivity index (χ3n) is 3.66. The third-order valence-corrected chi connectivity index (χ3v) is 4.07. The number of fused-ring (bicyclic) bond motifs is 1. The Morgan fingerprint density at radius 2 is 2.10 bits per heavy atom. The second-order valence-corrected chi connectivity index (χ2v) is 5.25. The summed E-state index contributed by atoms with van der Waals surface area (Å²) in [6.45, 7) is 2.13. The normalized spacial score (nSPS) is 14.8. The van der Waals surface area contributed by atoms with Crippen molar-refractivity contribution < 1.29 is 9.53 Å². The van der Waals surface area contributed by atoms with Gasteiger partial charge in [-0.3, -0.25) is 4.98 Å². The highest BCUT2D eigenvalue weighted by molar-refractivity contribution is 6.38. The first kappa shape index (κ1) is 13.2. The van der Waals surface area contributed by atoms with E-state index < -0.39 is 5.97 Å². The van der Waals surface area contributed by atoms with Crippen molar-refractivity contribution in [3.8, 4) is 0 Å². The van der Waals surface area contributed by atoms with E-state index in [0.29, 0.717) is 10.6 Å². The molecule has 20 heavy (non-hydrogen) atoms. The molecule has 0 bridgehead atoms. The maximum Gasteiger partial charge on any atom is 0.340 e. The van der Waals surface area contributed by atoms with Gasteiger partial charge in [-0.15, -0.1) is 0 Å². The number of esters is 1. The number of aromatic nitrogens is 1. The van der Waals surface area contributed by atoms with E-state index in [-0.39, 0.29) is 0 Å². The van der Waals surface area contributed by atoms with Crippen LogP contribution in [-0.2, 0) is 4.74 Å². The van der Waals surface area contributed by atoms with Gasteiger partial charge in [0.15, 0.2) is 0 Å². The van der Waals surface area contributed by atoms with Crippen molar-refractivity contribution in [2.24, 2.45) is 0 Å². The van der Waals surface area contributed by atoms with Gasteiger partial charge in [0.05, 0.1) is 23.2 Å². The maximum absolute atomic E-state index is 11.7. The van der Waals surface area contributed by atoms with Gasteiger partial charge in [-0.05, 0) is 31.0 Å². The molecule has 0 saturated carbocycles. The van der Waals surface area contributed by atoms with Gasteiger partial charge in [0.1, 0.15) is 0 Å². The average molecular weight is 291 g/mol. The zero-order valence-electron chi connectivity index (χ0n) is 11.2. The van der Waals surface area contributed by atoms with Gasteiger partial charge < -0.3 is 9.64 Å². The lowest BCUT2D eigenvalue weighted by molar-refractivity contribution is 0.0600. The van der Waals surface area contributed by atoms with Crippen molar-refractivity contribution in [1.29, 1.82) is 0 Å². The summed E-state index contributed by atoms with van der Waals surface area (Å²) in [4.78, 5) is 18.3. The van der Waals surface area contributed by atoms with Crippen molar-refractivity contribution in [2.45, 2.75) is 12.8 Å². The van der Waals surface area contributed by atoms with Crippen molar-refractivity contribution >= 4 is 34.2 Å². The number of carbonyl (C=O) groups is 1. The van der Waals surface area contributed by atoms with Crippen molar-refractivity contribution in [1.82, 2.24) is 4.98 Å². The van der Waals surface area contributed by atoms with Crippen LogP contribution in [-0.4, -0.2) is 31.2 Å². The molecular formula is C15H15ClN2O2. The highest BCUT2D eigenvalue weighted by Crippen LogP contribution is 2.30. The summed E-state index contributed by atoms with van der Waals surface area (Å²) < 4.78 is 4.72. The van der Waals surface area contributed by atoms with Gasteiger partial charge in [-0.1, -0.05) is 11.6 Å². The summed E-state index contributed by atoms with van der Waals surface area (Å²) in [5.74, 6) is -0.462. The number of methoxy groups -OCH3 is 1. The number of benzene rings is 1. The molecule has 0 spiro atoms. The smallest absolute Gasteiger partial charge is 0.340 e. The van der Waals surface area contributed by atoms with Crippen LogP contribution in [0.25, 0.3) is 10.9 Å². The number of hydrogen-bond donors (Lipinski definition) is 0. The fourth-order valence-corrected chi connectivity index (χ4v) is 2.85. The summed E-state index contributed by atoms with van der Waals surface area (Å²) in [5, 5.41) is 1.20. The maximum atomic E-state index is 11.7. The minimum absolute atomic E-state index is 0.306. The molecule has 4 nitrogen and oxygen atoms in total. The number of rotatable bonds is 2. The quantitative estimate of drug-likeness (QED) is 0.796. The van der Waals surface area contributed by atoms with Crippen LogP contribution in [0.1, 0.15) is 23.2 Å². The predicted molar refractivity (Wildman–Crippen MR) is 79.5 cm³/mol. The summed E-state index contributed by atoms with van der Waals surface area (Å²) in [6, 6.07) is 5.99. The molecule has 0 unspecified atom stereocenters. The minimum Gasteiger partial charge on any atom is -0.465 e. The monoisotopic (exact) mass is 290 g/mol. The van der Waals surface area contributed by atoms with Crippen molar-refractivity contribution in [2.75, 3.05) is 25.1 Å². The van der Waals surface area contributed by atoms with Crippen LogP contribution in [0.5, 0.6) is 0 Å². The second kappa shape index (κ2) is 5.29. The van der Waals surface area contributed by atoms with E-state index in [9.17, 15) is 4.79 Å². The van der Waals surface area contributed by atoms with Gasteiger partial charge in [-0.25, -0.2) is 4.79 Å². The van der Waals surface area contributed by atoms with Gasteiger partial charge >= 0.3 is 5.97 Å². The largest absolute Gasteiger partial charge is 0.465 e. The first-order chi connectivity index (χ1) is 9.70. The molecule has 1 aromatic carbocycles. The number of pyridine rings is 1. The van der Waals surface area contributed by atoms with Crippen LogP contribution in [0.15, 0.2) is 24.4 Å². The minimum atomic E-state index is -0.462. The summed E-state index contributed by atoms with van der Waals surface area (Å²) in [6.07, 6.45) is 3.89. The van der Waals surface area contributed by atoms with E-state index in [2.05, 4.69) is 16.0 Å². The van der Waals surface area contributed by atoms with Gasteiger partial charge in [0.2, 0.25) is 0 Å². The molecule has 0 aliphatic carbocycles. The molecule has 1 saturated heterocycles. The Morgan fingerprint density at radius 3 is 2.80 bits per heavy atom. The van der Waals surface area contributed by atoms with E-state index in [1.165, 1.54) is 26.1 Å². The zero-order valence-corrected chi connectivity index (χ0v) is 12.0. The topological polar surface area (TPSA) is 42.4 Å². The van der Waals surface area contributed by atoms with Crippen molar-refractivity contribution in [3.63, 3.8) is 0 Å². The van der Waals surface area contributed by atoms with E-state index in [4.69, 9.17) is 16.3 Å². The molecular weight excluding hydrogens is 276 g/mol. The lowest BCUT2D eigenvalue weighted by Gasteiger charge is -2.18. The SMILES string of the molecule is COC(=O)c1cnc2ccc(N3CCCC3)cc2c1Cl. The molecule has 0 N–H and O–H groups in total.